The molecular weight excluding hydrogens is 973 g/mol. The standard InChI is InChI=1S/C49H36N4.C25H22N2/c1-2-9-21-37(20-8-1)52(38-22-10-4-11-23-38)40-30-32-41(33-31-40)53(39-24-12-5-13-25-39)47-35-34-44(42-26-14-15-27-43(42)47)49-48(36-18-6-3-7-19-36)50-45-28-16-17-29-46(45)51-49;1-26(21-11-5-2-6-12-21)22-17-19-25(20-18-22)27(23-13-7-3-8-14-23)24-15-9-4-10-16-24/h1-8,10-35H,9H2;2-20H,1H3. The highest BCUT2D eigenvalue weighted by Gasteiger charge is 2.22. The van der Waals surface area contributed by atoms with Crippen LogP contribution in [0.3, 0.4) is 0 Å². The summed E-state index contributed by atoms with van der Waals surface area (Å²) in [6.45, 7) is 0. The van der Waals surface area contributed by atoms with Crippen LogP contribution < -0.4 is 19.6 Å². The van der Waals surface area contributed by atoms with Gasteiger partial charge in [0, 0.05) is 80.4 Å². The Balaban J connectivity index is 0.000000198. The van der Waals surface area contributed by atoms with Crippen molar-refractivity contribution in [2.75, 3.05) is 26.6 Å². The van der Waals surface area contributed by atoms with Crippen molar-refractivity contribution in [3.8, 4) is 22.5 Å². The van der Waals surface area contributed by atoms with Crippen molar-refractivity contribution in [3.05, 3.63) is 327 Å². The molecule has 0 saturated carbocycles. The normalized spacial score (nSPS) is 11.7. The zero-order chi connectivity index (χ0) is 53.9. The third-order valence-electron chi connectivity index (χ3n) is 14.3. The average Bonchev–Trinajstić information content (AvgIpc) is 3.84. The van der Waals surface area contributed by atoms with Crippen molar-refractivity contribution in [1.82, 2.24) is 9.97 Å². The summed E-state index contributed by atoms with van der Waals surface area (Å²) in [4.78, 5) is 19.6. The summed E-state index contributed by atoms with van der Waals surface area (Å²) < 4.78 is 0. The molecule has 6 nitrogen and oxygen atoms in total. The minimum Gasteiger partial charge on any atom is -0.345 e. The largest absolute Gasteiger partial charge is 0.345 e. The molecular formula is C74H58N6. The van der Waals surface area contributed by atoms with Gasteiger partial charge in [-0.1, -0.05) is 182 Å². The van der Waals surface area contributed by atoms with E-state index in [1.165, 1.54) is 5.69 Å². The van der Waals surface area contributed by atoms with E-state index in [1.807, 2.05) is 48.5 Å². The van der Waals surface area contributed by atoms with Crippen molar-refractivity contribution < 1.29 is 0 Å². The van der Waals surface area contributed by atoms with Crippen LogP contribution in [-0.4, -0.2) is 17.0 Å². The predicted molar refractivity (Wildman–Crippen MR) is 338 cm³/mol. The van der Waals surface area contributed by atoms with Gasteiger partial charge >= 0.3 is 0 Å². The number of hydrogen-bond donors (Lipinski definition) is 0. The Morgan fingerprint density at radius 1 is 0.312 bits per heavy atom. The Hall–Kier alpha value is -10.6. The highest BCUT2D eigenvalue weighted by atomic mass is 15.2. The predicted octanol–water partition coefficient (Wildman–Crippen LogP) is 20.0. The Bertz CT molecular complexity index is 4040. The number of allylic oxidation sites excluding steroid dienone is 5. The van der Waals surface area contributed by atoms with Gasteiger partial charge in [-0.25, -0.2) is 9.97 Å². The minimum absolute atomic E-state index is 0.867. The van der Waals surface area contributed by atoms with Gasteiger partial charge in [0.1, 0.15) is 0 Å². The third kappa shape index (κ3) is 10.9. The first-order chi connectivity index (χ1) is 39.6. The zero-order valence-corrected chi connectivity index (χ0v) is 44.5. The molecule has 0 spiro atoms. The molecule has 6 heteroatoms. The summed E-state index contributed by atoms with van der Waals surface area (Å²) in [5, 5.41) is 2.24. The number of fused-ring (bicyclic) bond motifs is 2. The molecule has 1 heterocycles. The Kier molecular flexibility index (Phi) is 14.9. The van der Waals surface area contributed by atoms with Crippen LogP contribution in [-0.2, 0) is 0 Å². The number of aromatic nitrogens is 2. The van der Waals surface area contributed by atoms with E-state index in [2.05, 4.69) is 300 Å². The number of rotatable bonds is 13. The topological polar surface area (TPSA) is 38.7 Å². The van der Waals surface area contributed by atoms with Gasteiger partial charge in [0.2, 0.25) is 0 Å². The lowest BCUT2D eigenvalue weighted by atomic mass is 9.96. The van der Waals surface area contributed by atoms with Gasteiger partial charge in [-0.2, -0.15) is 0 Å². The second-order valence-corrected chi connectivity index (χ2v) is 19.4. The molecule has 13 rings (SSSR count). The van der Waals surface area contributed by atoms with E-state index in [9.17, 15) is 0 Å². The molecule has 1 aromatic heterocycles. The molecule has 1 aliphatic carbocycles. The smallest absolute Gasteiger partial charge is 0.0979 e. The maximum absolute atomic E-state index is 5.26. The highest BCUT2D eigenvalue weighted by Crippen LogP contribution is 2.44. The summed E-state index contributed by atoms with van der Waals surface area (Å²) in [5.41, 5.74) is 17.9. The second-order valence-electron chi connectivity index (χ2n) is 19.4. The molecule has 11 aromatic carbocycles. The van der Waals surface area contributed by atoms with Crippen molar-refractivity contribution in [3.63, 3.8) is 0 Å². The highest BCUT2D eigenvalue weighted by molar-refractivity contribution is 6.07. The molecule has 384 valence electrons. The summed E-state index contributed by atoms with van der Waals surface area (Å²) in [6, 6.07) is 102. The van der Waals surface area contributed by atoms with E-state index in [0.29, 0.717) is 0 Å². The van der Waals surface area contributed by atoms with Gasteiger partial charge in [0.25, 0.3) is 0 Å². The monoisotopic (exact) mass is 1030 g/mol. The average molecular weight is 1030 g/mol. The molecule has 1 aliphatic rings. The maximum atomic E-state index is 5.26. The first-order valence-electron chi connectivity index (χ1n) is 27.1. The molecule has 0 amide bonds. The van der Waals surface area contributed by atoms with E-state index in [4.69, 9.17) is 9.97 Å². The molecule has 0 saturated heterocycles. The van der Waals surface area contributed by atoms with Crippen LogP contribution in [0.5, 0.6) is 0 Å². The SMILES string of the molecule is C1=CCC=C(N(c2ccccc2)c2ccc(N(c3ccccc3)c3ccc(-c4nc5ccccc5nc4-c4ccccc4)c4ccccc34)cc2)C=C1.CN(c1ccccc1)c1ccc(N(c2ccccc2)c2ccccc2)cc1. The summed E-state index contributed by atoms with van der Waals surface area (Å²) in [5.74, 6) is 0. The van der Waals surface area contributed by atoms with Crippen molar-refractivity contribution in [1.29, 1.82) is 0 Å². The molecule has 0 aliphatic heterocycles. The van der Waals surface area contributed by atoms with E-state index < -0.39 is 0 Å². The Labute approximate surface area is 469 Å². The van der Waals surface area contributed by atoms with Gasteiger partial charge in [-0.3, -0.25) is 0 Å². The molecule has 0 fully saturated rings. The molecule has 0 unspecified atom stereocenters. The van der Waals surface area contributed by atoms with Crippen LogP contribution in [0.4, 0.5) is 56.9 Å². The fraction of sp³-hybridized carbons (Fsp3) is 0.0270. The van der Waals surface area contributed by atoms with E-state index >= 15 is 0 Å². The maximum Gasteiger partial charge on any atom is 0.0979 e. The van der Waals surface area contributed by atoms with Gasteiger partial charge in [-0.15, -0.1) is 0 Å². The van der Waals surface area contributed by atoms with Crippen LogP contribution in [0.25, 0.3) is 44.3 Å². The van der Waals surface area contributed by atoms with Crippen molar-refractivity contribution >= 4 is 78.7 Å². The molecule has 0 radical (unpaired) electrons. The quantitative estimate of drug-likeness (QED) is 0.115. The lowest BCUT2D eigenvalue weighted by Crippen LogP contribution is -2.15. The van der Waals surface area contributed by atoms with Crippen molar-refractivity contribution in [2.24, 2.45) is 0 Å². The molecule has 0 N–H and O–H groups in total. The first kappa shape index (κ1) is 50.3. The van der Waals surface area contributed by atoms with E-state index in [1.54, 1.807) is 0 Å². The fourth-order valence-electron chi connectivity index (χ4n) is 10.4. The van der Waals surface area contributed by atoms with Crippen LogP contribution in [0.15, 0.2) is 327 Å². The zero-order valence-electron chi connectivity index (χ0n) is 44.5. The van der Waals surface area contributed by atoms with Crippen LogP contribution in [0, 0.1) is 0 Å². The molecule has 12 aromatic rings. The molecule has 0 bridgehead atoms. The number of benzene rings is 11. The summed E-state index contributed by atoms with van der Waals surface area (Å²) in [6.07, 6.45) is 11.7. The summed E-state index contributed by atoms with van der Waals surface area (Å²) >= 11 is 0. The van der Waals surface area contributed by atoms with Gasteiger partial charge in [-0.05, 0) is 151 Å². The van der Waals surface area contributed by atoms with Crippen LogP contribution in [0.1, 0.15) is 6.42 Å². The Morgan fingerprint density at radius 2 is 0.700 bits per heavy atom. The first-order valence-corrected chi connectivity index (χ1v) is 27.1. The van der Waals surface area contributed by atoms with Gasteiger partial charge < -0.3 is 19.6 Å². The number of para-hydroxylation sites is 7. The summed E-state index contributed by atoms with van der Waals surface area (Å²) in [7, 11) is 2.09. The van der Waals surface area contributed by atoms with E-state index in [-0.39, 0.29) is 0 Å². The molecule has 80 heavy (non-hydrogen) atoms. The number of anilines is 10. The lowest BCUT2D eigenvalue weighted by Gasteiger charge is -2.29. The van der Waals surface area contributed by atoms with Crippen LogP contribution in [0.2, 0.25) is 0 Å². The van der Waals surface area contributed by atoms with Gasteiger partial charge in [0.15, 0.2) is 0 Å². The minimum atomic E-state index is 0.867. The number of hydrogen-bond acceptors (Lipinski definition) is 6. The third-order valence-corrected chi connectivity index (χ3v) is 14.3. The fourth-order valence-corrected chi connectivity index (χ4v) is 10.4. The van der Waals surface area contributed by atoms with Crippen LogP contribution >= 0.6 is 0 Å². The molecule has 0 atom stereocenters. The number of nitrogens with zero attached hydrogens (tertiary/aromatic N) is 6. The van der Waals surface area contributed by atoms with Gasteiger partial charge in [0.05, 0.1) is 28.1 Å². The Morgan fingerprint density at radius 3 is 1.25 bits per heavy atom. The second kappa shape index (κ2) is 23.8. The lowest BCUT2D eigenvalue weighted by molar-refractivity contribution is 1.18. The van der Waals surface area contributed by atoms with Crippen molar-refractivity contribution in [2.45, 2.75) is 6.42 Å². The van der Waals surface area contributed by atoms with E-state index in [0.717, 1.165) is 108 Å².